The van der Waals surface area contributed by atoms with E-state index in [0.717, 1.165) is 13.0 Å². The van der Waals surface area contributed by atoms with Crippen molar-refractivity contribution in [3.8, 4) is 0 Å². The predicted molar refractivity (Wildman–Crippen MR) is 38.1 cm³/mol. The van der Waals surface area contributed by atoms with Crippen LogP contribution in [0.3, 0.4) is 0 Å². The van der Waals surface area contributed by atoms with Gasteiger partial charge in [0.1, 0.15) is 0 Å². The lowest BCUT2D eigenvalue weighted by atomic mass is 10.4. The fourth-order valence-electron chi connectivity index (χ4n) is 0.498. The van der Waals surface area contributed by atoms with Crippen molar-refractivity contribution in [1.29, 1.82) is 0 Å². The summed E-state index contributed by atoms with van der Waals surface area (Å²) in [7, 11) is 0. The molecule has 9 heavy (non-hydrogen) atoms. The summed E-state index contributed by atoms with van der Waals surface area (Å²) < 4.78 is 0. The van der Waals surface area contributed by atoms with Crippen LogP contribution in [0.2, 0.25) is 0 Å². The average molecular weight is 127 g/mol. The molecule has 2 heteroatoms. The fraction of sp³-hybridized carbons (Fsp3) is 0.571. The summed E-state index contributed by atoms with van der Waals surface area (Å²) >= 11 is 0. The average Bonchev–Trinajstić information content (AvgIpc) is 1.80. The van der Waals surface area contributed by atoms with E-state index in [0.29, 0.717) is 0 Å². The van der Waals surface area contributed by atoms with Gasteiger partial charge in [-0.1, -0.05) is 12.2 Å². The molecule has 0 bridgehead atoms. The van der Waals surface area contributed by atoms with Gasteiger partial charge in [0, 0.05) is 13.5 Å². The van der Waals surface area contributed by atoms with Gasteiger partial charge < -0.3 is 5.32 Å². The third-order valence-electron chi connectivity index (χ3n) is 0.921. The minimum atomic E-state index is 0.0412. The maximum absolute atomic E-state index is 10.3. The number of carbonyl (C=O) groups is 1. The van der Waals surface area contributed by atoms with Crippen LogP contribution in [0.4, 0.5) is 0 Å². The van der Waals surface area contributed by atoms with Crippen molar-refractivity contribution in [3.05, 3.63) is 12.2 Å². The second kappa shape index (κ2) is 5.35. The Labute approximate surface area is 56.0 Å². The number of hydrogen-bond donors (Lipinski definition) is 1. The van der Waals surface area contributed by atoms with E-state index in [2.05, 4.69) is 5.32 Å². The van der Waals surface area contributed by atoms with Crippen LogP contribution in [0.25, 0.3) is 0 Å². The molecule has 0 atom stereocenters. The van der Waals surface area contributed by atoms with E-state index >= 15 is 0 Å². The van der Waals surface area contributed by atoms with Crippen LogP contribution in [0, 0.1) is 0 Å². The van der Waals surface area contributed by atoms with Crippen molar-refractivity contribution in [1.82, 2.24) is 5.32 Å². The van der Waals surface area contributed by atoms with Gasteiger partial charge in [0.2, 0.25) is 5.91 Å². The van der Waals surface area contributed by atoms with E-state index in [1.807, 2.05) is 19.1 Å². The van der Waals surface area contributed by atoms with Crippen molar-refractivity contribution < 1.29 is 4.79 Å². The third-order valence-corrected chi connectivity index (χ3v) is 0.921. The zero-order chi connectivity index (χ0) is 7.11. The fourth-order valence-corrected chi connectivity index (χ4v) is 0.498. The molecule has 0 aromatic rings. The van der Waals surface area contributed by atoms with E-state index in [1.54, 1.807) is 0 Å². The Kier molecular flexibility index (Phi) is 4.88. The summed E-state index contributed by atoms with van der Waals surface area (Å²) in [5.74, 6) is 0.0412. The summed E-state index contributed by atoms with van der Waals surface area (Å²) in [5.41, 5.74) is 0. The molecule has 0 saturated heterocycles. The first-order chi connectivity index (χ1) is 4.27. The quantitative estimate of drug-likeness (QED) is 0.446. The van der Waals surface area contributed by atoms with E-state index in [-0.39, 0.29) is 5.91 Å². The summed E-state index contributed by atoms with van der Waals surface area (Å²) in [6.07, 6.45) is 4.92. The molecule has 0 saturated carbocycles. The maximum atomic E-state index is 10.3. The molecule has 0 fully saturated rings. The van der Waals surface area contributed by atoms with Gasteiger partial charge in [0.15, 0.2) is 0 Å². The highest BCUT2D eigenvalue weighted by molar-refractivity contribution is 5.72. The smallest absolute Gasteiger partial charge is 0.216 e. The molecule has 0 aliphatic carbocycles. The molecule has 0 rings (SSSR count). The Balaban J connectivity index is 3.01. The zero-order valence-electron chi connectivity index (χ0n) is 5.98. The van der Waals surface area contributed by atoms with Gasteiger partial charge in [-0.05, 0) is 13.3 Å². The van der Waals surface area contributed by atoms with Crippen LogP contribution >= 0.6 is 0 Å². The largest absolute Gasteiger partial charge is 0.356 e. The first kappa shape index (κ1) is 8.21. The molecule has 0 unspecified atom stereocenters. The van der Waals surface area contributed by atoms with E-state index in [1.165, 1.54) is 6.92 Å². The van der Waals surface area contributed by atoms with Crippen LogP contribution in [0.1, 0.15) is 20.3 Å². The SMILES string of the molecule is C/C=C\CCNC(C)=O. The molecule has 0 aromatic heterocycles. The molecule has 0 spiro atoms. The van der Waals surface area contributed by atoms with Gasteiger partial charge in [-0.15, -0.1) is 0 Å². The molecule has 0 radical (unpaired) electrons. The van der Waals surface area contributed by atoms with Crippen LogP contribution in [-0.4, -0.2) is 12.5 Å². The lowest BCUT2D eigenvalue weighted by Gasteiger charge is -1.95. The summed E-state index contributed by atoms with van der Waals surface area (Å²) in [5, 5.41) is 2.69. The second-order valence-electron chi connectivity index (χ2n) is 1.84. The highest BCUT2D eigenvalue weighted by atomic mass is 16.1. The van der Waals surface area contributed by atoms with Gasteiger partial charge in [-0.25, -0.2) is 0 Å². The number of allylic oxidation sites excluding steroid dienone is 1. The van der Waals surface area contributed by atoms with Gasteiger partial charge >= 0.3 is 0 Å². The first-order valence-corrected chi connectivity index (χ1v) is 3.13. The Morgan fingerprint density at radius 3 is 2.78 bits per heavy atom. The Morgan fingerprint density at radius 1 is 1.67 bits per heavy atom. The zero-order valence-corrected chi connectivity index (χ0v) is 5.98. The highest BCUT2D eigenvalue weighted by Crippen LogP contribution is 1.78. The Morgan fingerprint density at radius 2 is 2.33 bits per heavy atom. The minimum absolute atomic E-state index is 0.0412. The van der Waals surface area contributed by atoms with E-state index in [4.69, 9.17) is 0 Å². The van der Waals surface area contributed by atoms with Gasteiger partial charge in [-0.3, -0.25) is 4.79 Å². The van der Waals surface area contributed by atoms with Crippen LogP contribution in [-0.2, 0) is 4.79 Å². The van der Waals surface area contributed by atoms with Crippen molar-refractivity contribution >= 4 is 5.91 Å². The van der Waals surface area contributed by atoms with Crippen molar-refractivity contribution in [3.63, 3.8) is 0 Å². The highest BCUT2D eigenvalue weighted by Gasteiger charge is 1.84. The second-order valence-corrected chi connectivity index (χ2v) is 1.84. The van der Waals surface area contributed by atoms with Crippen LogP contribution in [0.5, 0.6) is 0 Å². The van der Waals surface area contributed by atoms with E-state index < -0.39 is 0 Å². The molecular formula is C7H13NO. The van der Waals surface area contributed by atoms with Gasteiger partial charge in [0.05, 0.1) is 0 Å². The molecule has 1 amide bonds. The lowest BCUT2D eigenvalue weighted by Crippen LogP contribution is -2.20. The van der Waals surface area contributed by atoms with Crippen LogP contribution < -0.4 is 5.32 Å². The van der Waals surface area contributed by atoms with Crippen molar-refractivity contribution in [2.45, 2.75) is 20.3 Å². The monoisotopic (exact) mass is 127 g/mol. The third kappa shape index (κ3) is 7.21. The Bertz CT molecular complexity index is 107. The minimum Gasteiger partial charge on any atom is -0.356 e. The van der Waals surface area contributed by atoms with E-state index in [9.17, 15) is 4.79 Å². The molecule has 0 heterocycles. The summed E-state index contributed by atoms with van der Waals surface area (Å²) in [6, 6.07) is 0. The summed E-state index contributed by atoms with van der Waals surface area (Å²) in [6.45, 7) is 4.24. The Hall–Kier alpha value is -0.790. The molecular weight excluding hydrogens is 114 g/mol. The molecule has 52 valence electrons. The molecule has 2 nitrogen and oxygen atoms in total. The van der Waals surface area contributed by atoms with Crippen molar-refractivity contribution in [2.75, 3.05) is 6.54 Å². The maximum Gasteiger partial charge on any atom is 0.216 e. The lowest BCUT2D eigenvalue weighted by molar-refractivity contribution is -0.118. The molecule has 1 N–H and O–H groups in total. The molecule has 0 aromatic carbocycles. The number of rotatable bonds is 3. The number of hydrogen-bond acceptors (Lipinski definition) is 1. The normalized spacial score (nSPS) is 10.0. The summed E-state index contributed by atoms with van der Waals surface area (Å²) in [4.78, 5) is 10.3. The molecule has 0 aliphatic rings. The first-order valence-electron chi connectivity index (χ1n) is 3.13. The van der Waals surface area contributed by atoms with Crippen molar-refractivity contribution in [2.24, 2.45) is 0 Å². The van der Waals surface area contributed by atoms with Crippen LogP contribution in [0.15, 0.2) is 12.2 Å². The molecule has 0 aliphatic heterocycles. The topological polar surface area (TPSA) is 29.1 Å². The predicted octanol–water partition coefficient (Wildman–Crippen LogP) is 1.09. The number of nitrogens with one attached hydrogen (secondary N) is 1. The van der Waals surface area contributed by atoms with Gasteiger partial charge in [0.25, 0.3) is 0 Å². The van der Waals surface area contributed by atoms with Gasteiger partial charge in [-0.2, -0.15) is 0 Å². The number of carbonyl (C=O) groups excluding carboxylic acids is 1. The standard InChI is InChI=1S/C7H13NO/c1-3-4-5-6-8-7(2)9/h3-4H,5-6H2,1-2H3,(H,8,9)/b4-3-. The number of amides is 1.